The van der Waals surface area contributed by atoms with Crippen LogP contribution in [0.3, 0.4) is 0 Å². The van der Waals surface area contributed by atoms with Gasteiger partial charge in [0.25, 0.3) is 11.5 Å². The van der Waals surface area contributed by atoms with Gasteiger partial charge < -0.3 is 10.2 Å². The van der Waals surface area contributed by atoms with Gasteiger partial charge in [-0.25, -0.2) is 5.10 Å². The second kappa shape index (κ2) is 8.45. The standard InChI is InChI=1S/C22H25N5O2/c1-16(26-9-11-27(12-10-26)19-5-3-2-4-6-19)14-23-21(28)17-7-8-20-18(13-17)15-24-25-22(20)29/h2-8,13,15-16H,9-12,14H2,1H3,(H,23,28)(H,25,29). The highest BCUT2D eigenvalue weighted by atomic mass is 16.1. The quantitative estimate of drug-likeness (QED) is 0.694. The summed E-state index contributed by atoms with van der Waals surface area (Å²) >= 11 is 0. The van der Waals surface area contributed by atoms with Gasteiger partial charge in [0.1, 0.15) is 0 Å². The van der Waals surface area contributed by atoms with E-state index in [-0.39, 0.29) is 17.5 Å². The first-order valence-corrected chi connectivity index (χ1v) is 9.91. The molecule has 1 saturated heterocycles. The first kappa shape index (κ1) is 19.1. The van der Waals surface area contributed by atoms with Crippen LogP contribution in [0.15, 0.2) is 59.5 Å². The number of carbonyl (C=O) groups is 1. The maximum absolute atomic E-state index is 12.6. The fraction of sp³-hybridized carbons (Fsp3) is 0.318. The van der Waals surface area contributed by atoms with E-state index >= 15 is 0 Å². The van der Waals surface area contributed by atoms with Gasteiger partial charge in [-0.3, -0.25) is 14.5 Å². The number of para-hydroxylation sites is 1. The van der Waals surface area contributed by atoms with Crippen LogP contribution in [-0.2, 0) is 0 Å². The van der Waals surface area contributed by atoms with Gasteiger partial charge in [0, 0.05) is 55.4 Å². The molecule has 2 heterocycles. The number of anilines is 1. The number of benzene rings is 2. The van der Waals surface area contributed by atoms with Crippen molar-refractivity contribution in [2.75, 3.05) is 37.6 Å². The molecule has 1 aliphatic heterocycles. The van der Waals surface area contributed by atoms with Gasteiger partial charge in [0.2, 0.25) is 0 Å². The number of piperazine rings is 1. The lowest BCUT2D eigenvalue weighted by Crippen LogP contribution is -2.52. The maximum Gasteiger partial charge on any atom is 0.272 e. The van der Waals surface area contributed by atoms with Crippen LogP contribution in [0, 0.1) is 0 Å². The zero-order chi connectivity index (χ0) is 20.2. The van der Waals surface area contributed by atoms with Crippen molar-refractivity contribution in [2.24, 2.45) is 0 Å². The van der Waals surface area contributed by atoms with Gasteiger partial charge in [0.15, 0.2) is 0 Å². The zero-order valence-electron chi connectivity index (χ0n) is 16.5. The Bertz CT molecular complexity index is 1040. The number of amides is 1. The highest BCUT2D eigenvalue weighted by Crippen LogP contribution is 2.16. The van der Waals surface area contributed by atoms with Crippen molar-refractivity contribution in [1.29, 1.82) is 0 Å². The average Bonchev–Trinajstić information content (AvgIpc) is 2.78. The number of H-pyrrole nitrogens is 1. The summed E-state index contributed by atoms with van der Waals surface area (Å²) in [7, 11) is 0. The Morgan fingerprint density at radius 2 is 1.90 bits per heavy atom. The number of nitrogens with zero attached hydrogens (tertiary/aromatic N) is 3. The summed E-state index contributed by atoms with van der Waals surface area (Å²) in [4.78, 5) is 29.1. The van der Waals surface area contributed by atoms with Gasteiger partial charge >= 0.3 is 0 Å². The molecular formula is C22H25N5O2. The van der Waals surface area contributed by atoms with E-state index in [1.54, 1.807) is 24.4 Å². The Kier molecular flexibility index (Phi) is 5.57. The smallest absolute Gasteiger partial charge is 0.272 e. The predicted molar refractivity (Wildman–Crippen MR) is 114 cm³/mol. The van der Waals surface area contributed by atoms with Crippen LogP contribution >= 0.6 is 0 Å². The first-order valence-electron chi connectivity index (χ1n) is 9.91. The molecule has 2 aromatic carbocycles. The van der Waals surface area contributed by atoms with Crippen molar-refractivity contribution in [1.82, 2.24) is 20.4 Å². The van der Waals surface area contributed by atoms with Crippen LogP contribution in [0.4, 0.5) is 5.69 Å². The Morgan fingerprint density at radius 1 is 1.14 bits per heavy atom. The third-order valence-electron chi connectivity index (χ3n) is 5.55. The van der Waals surface area contributed by atoms with E-state index in [9.17, 15) is 9.59 Å². The molecule has 1 aliphatic rings. The van der Waals surface area contributed by atoms with E-state index in [1.165, 1.54) is 5.69 Å². The second-order valence-corrected chi connectivity index (χ2v) is 7.42. The monoisotopic (exact) mass is 391 g/mol. The molecule has 0 aliphatic carbocycles. The molecule has 1 amide bonds. The fourth-order valence-corrected chi connectivity index (χ4v) is 3.77. The van der Waals surface area contributed by atoms with E-state index in [0.29, 0.717) is 22.9 Å². The lowest BCUT2D eigenvalue weighted by molar-refractivity contribution is 0.0934. The molecule has 0 radical (unpaired) electrons. The number of carbonyl (C=O) groups excluding carboxylic acids is 1. The van der Waals surface area contributed by atoms with Gasteiger partial charge in [-0.1, -0.05) is 18.2 Å². The fourth-order valence-electron chi connectivity index (χ4n) is 3.77. The number of nitrogens with one attached hydrogen (secondary N) is 2. The van der Waals surface area contributed by atoms with Crippen molar-refractivity contribution in [3.63, 3.8) is 0 Å². The van der Waals surface area contributed by atoms with Crippen LogP contribution in [0.1, 0.15) is 17.3 Å². The molecule has 3 aromatic rings. The summed E-state index contributed by atoms with van der Waals surface area (Å²) in [5.74, 6) is -0.137. The van der Waals surface area contributed by atoms with E-state index in [1.807, 2.05) is 6.07 Å². The summed E-state index contributed by atoms with van der Waals surface area (Å²) in [6.45, 7) is 6.62. The van der Waals surface area contributed by atoms with E-state index in [2.05, 4.69) is 56.5 Å². The number of hydrogen-bond acceptors (Lipinski definition) is 5. The Morgan fingerprint density at radius 3 is 2.66 bits per heavy atom. The van der Waals surface area contributed by atoms with E-state index in [0.717, 1.165) is 26.2 Å². The molecule has 1 unspecified atom stereocenters. The van der Waals surface area contributed by atoms with Gasteiger partial charge in [-0.15, -0.1) is 0 Å². The second-order valence-electron chi connectivity index (χ2n) is 7.42. The van der Waals surface area contributed by atoms with Gasteiger partial charge in [-0.2, -0.15) is 5.10 Å². The summed E-state index contributed by atoms with van der Waals surface area (Å²) in [6, 6.07) is 15.8. The van der Waals surface area contributed by atoms with Crippen molar-refractivity contribution >= 4 is 22.4 Å². The lowest BCUT2D eigenvalue weighted by Gasteiger charge is -2.39. The van der Waals surface area contributed by atoms with Gasteiger partial charge in [0.05, 0.1) is 11.6 Å². The summed E-state index contributed by atoms with van der Waals surface area (Å²) in [5.41, 5.74) is 1.54. The molecule has 7 heteroatoms. The van der Waals surface area contributed by atoms with Crippen LogP contribution in [0.2, 0.25) is 0 Å². The molecule has 0 spiro atoms. The molecule has 4 rings (SSSR count). The third kappa shape index (κ3) is 4.30. The number of fused-ring (bicyclic) bond motifs is 1. The minimum atomic E-state index is -0.252. The summed E-state index contributed by atoms with van der Waals surface area (Å²) in [5, 5.41) is 10.4. The van der Waals surface area contributed by atoms with E-state index in [4.69, 9.17) is 0 Å². The van der Waals surface area contributed by atoms with Crippen LogP contribution < -0.4 is 15.8 Å². The number of hydrogen-bond donors (Lipinski definition) is 2. The number of aromatic amines is 1. The van der Waals surface area contributed by atoms with Crippen LogP contribution in [0.25, 0.3) is 10.8 Å². The van der Waals surface area contributed by atoms with Crippen LogP contribution in [0.5, 0.6) is 0 Å². The third-order valence-corrected chi connectivity index (χ3v) is 5.55. The molecule has 150 valence electrons. The largest absolute Gasteiger partial charge is 0.369 e. The lowest BCUT2D eigenvalue weighted by atomic mass is 10.1. The van der Waals surface area contributed by atoms with Crippen molar-refractivity contribution in [2.45, 2.75) is 13.0 Å². The first-order chi connectivity index (χ1) is 14.1. The van der Waals surface area contributed by atoms with Crippen molar-refractivity contribution < 1.29 is 4.79 Å². The molecule has 0 saturated carbocycles. The average molecular weight is 391 g/mol. The molecule has 29 heavy (non-hydrogen) atoms. The predicted octanol–water partition coefficient (Wildman–Crippen LogP) is 1.86. The molecule has 1 aromatic heterocycles. The zero-order valence-corrected chi connectivity index (χ0v) is 16.5. The number of aromatic nitrogens is 2. The Labute approximate surface area is 169 Å². The van der Waals surface area contributed by atoms with E-state index < -0.39 is 0 Å². The van der Waals surface area contributed by atoms with Crippen molar-refractivity contribution in [3.8, 4) is 0 Å². The minimum Gasteiger partial charge on any atom is -0.369 e. The molecule has 7 nitrogen and oxygen atoms in total. The molecule has 1 atom stereocenters. The minimum absolute atomic E-state index is 0.137. The highest BCUT2D eigenvalue weighted by molar-refractivity contribution is 5.98. The topological polar surface area (TPSA) is 81.3 Å². The Balaban J connectivity index is 1.31. The molecule has 2 N–H and O–H groups in total. The van der Waals surface area contributed by atoms with Crippen LogP contribution in [-0.4, -0.2) is 59.8 Å². The summed E-state index contributed by atoms with van der Waals surface area (Å²) < 4.78 is 0. The van der Waals surface area contributed by atoms with Gasteiger partial charge in [-0.05, 0) is 37.3 Å². The molecule has 0 bridgehead atoms. The SMILES string of the molecule is CC(CNC(=O)c1ccc2c(=O)[nH]ncc2c1)N1CCN(c2ccccc2)CC1. The normalized spacial score (nSPS) is 16.0. The Hall–Kier alpha value is -3.19. The summed E-state index contributed by atoms with van der Waals surface area (Å²) in [6.07, 6.45) is 1.56. The molecule has 1 fully saturated rings. The molecular weight excluding hydrogens is 366 g/mol. The maximum atomic E-state index is 12.6. The van der Waals surface area contributed by atoms with Crippen molar-refractivity contribution in [3.05, 3.63) is 70.6 Å². The highest BCUT2D eigenvalue weighted by Gasteiger charge is 2.21. The number of rotatable bonds is 5.